The fourth-order valence-electron chi connectivity index (χ4n) is 4.07. The fourth-order valence-corrected chi connectivity index (χ4v) is 4.07. The average Bonchev–Trinajstić information content (AvgIpc) is 2.69. The van der Waals surface area contributed by atoms with Crippen molar-refractivity contribution < 1.29 is 9.53 Å². The fraction of sp³-hybridized carbons (Fsp3) is 0.455. The van der Waals surface area contributed by atoms with E-state index in [2.05, 4.69) is 34.6 Å². The van der Waals surface area contributed by atoms with Crippen LogP contribution in [0.5, 0.6) is 0 Å². The third-order valence-corrected chi connectivity index (χ3v) is 5.60. The van der Waals surface area contributed by atoms with Crippen LogP contribution in [-0.4, -0.2) is 41.7 Å². The van der Waals surface area contributed by atoms with Crippen LogP contribution in [-0.2, 0) is 17.6 Å². The smallest absolute Gasteiger partial charge is 0.317 e. The lowest BCUT2D eigenvalue weighted by molar-refractivity contribution is 0.00128. The van der Waals surface area contributed by atoms with Crippen LogP contribution in [0.25, 0.3) is 0 Å². The molecule has 142 valence electrons. The number of fused-ring (bicyclic) bond motifs is 1. The Morgan fingerprint density at radius 1 is 1.11 bits per heavy atom. The molecule has 5 nitrogen and oxygen atoms in total. The molecule has 27 heavy (non-hydrogen) atoms. The van der Waals surface area contributed by atoms with Crippen LogP contribution < -0.4 is 5.32 Å². The van der Waals surface area contributed by atoms with E-state index in [1.807, 2.05) is 23.2 Å². The number of pyridine rings is 1. The van der Waals surface area contributed by atoms with Crippen molar-refractivity contribution in [1.82, 2.24) is 15.2 Å². The highest BCUT2D eigenvalue weighted by molar-refractivity contribution is 5.74. The lowest BCUT2D eigenvalue weighted by atomic mass is 9.98. The number of rotatable bonds is 2. The number of hydrogen-bond acceptors (Lipinski definition) is 3. The zero-order valence-electron chi connectivity index (χ0n) is 15.6. The first-order chi connectivity index (χ1) is 13.3. The van der Waals surface area contributed by atoms with Gasteiger partial charge in [0, 0.05) is 38.1 Å². The highest BCUT2D eigenvalue weighted by Crippen LogP contribution is 2.27. The lowest BCUT2D eigenvalue weighted by Gasteiger charge is -2.33. The first-order valence-corrected chi connectivity index (χ1v) is 9.93. The van der Waals surface area contributed by atoms with Gasteiger partial charge in [0.05, 0.1) is 6.10 Å². The predicted octanol–water partition coefficient (Wildman–Crippen LogP) is 3.50. The van der Waals surface area contributed by atoms with Crippen LogP contribution in [0.1, 0.15) is 42.1 Å². The molecule has 2 aliphatic rings. The van der Waals surface area contributed by atoms with Gasteiger partial charge in [-0.25, -0.2) is 4.79 Å². The Labute approximate surface area is 160 Å². The SMILES string of the molecule is O=C(NC1CCOC(c2cccnc2)C1)N1CCCc2ccccc2CC1. The number of urea groups is 1. The topological polar surface area (TPSA) is 54.5 Å². The van der Waals surface area contributed by atoms with Gasteiger partial charge in [0.1, 0.15) is 0 Å². The van der Waals surface area contributed by atoms with E-state index in [-0.39, 0.29) is 18.2 Å². The molecule has 1 fully saturated rings. The summed E-state index contributed by atoms with van der Waals surface area (Å²) < 4.78 is 5.89. The molecular formula is C22H27N3O2. The summed E-state index contributed by atoms with van der Waals surface area (Å²) in [4.78, 5) is 19.0. The summed E-state index contributed by atoms with van der Waals surface area (Å²) in [5.41, 5.74) is 3.89. The Morgan fingerprint density at radius 3 is 2.78 bits per heavy atom. The second-order valence-electron chi connectivity index (χ2n) is 7.43. The minimum absolute atomic E-state index is 0.0111. The maximum atomic E-state index is 12.8. The summed E-state index contributed by atoms with van der Waals surface area (Å²) in [6, 6.07) is 12.8. The number of nitrogens with one attached hydrogen (secondary N) is 1. The van der Waals surface area contributed by atoms with Gasteiger partial charge in [-0.3, -0.25) is 4.98 Å². The Kier molecular flexibility index (Phi) is 5.68. The van der Waals surface area contributed by atoms with E-state index in [1.165, 1.54) is 11.1 Å². The highest BCUT2D eigenvalue weighted by atomic mass is 16.5. The summed E-state index contributed by atoms with van der Waals surface area (Å²) in [5, 5.41) is 3.25. The number of aromatic nitrogens is 1. The first kappa shape index (κ1) is 18.0. The van der Waals surface area contributed by atoms with Gasteiger partial charge in [0.15, 0.2) is 0 Å². The van der Waals surface area contributed by atoms with Gasteiger partial charge >= 0.3 is 6.03 Å². The van der Waals surface area contributed by atoms with Crippen molar-refractivity contribution in [3.8, 4) is 0 Å². The van der Waals surface area contributed by atoms with Crippen LogP contribution >= 0.6 is 0 Å². The van der Waals surface area contributed by atoms with Gasteiger partial charge < -0.3 is 15.0 Å². The number of ether oxygens (including phenoxy) is 1. The lowest BCUT2D eigenvalue weighted by Crippen LogP contribution is -2.48. The van der Waals surface area contributed by atoms with E-state index >= 15 is 0 Å². The largest absolute Gasteiger partial charge is 0.373 e. The van der Waals surface area contributed by atoms with Crippen molar-refractivity contribution in [3.63, 3.8) is 0 Å². The van der Waals surface area contributed by atoms with Crippen LogP contribution in [0, 0.1) is 0 Å². The predicted molar refractivity (Wildman–Crippen MR) is 105 cm³/mol. The van der Waals surface area contributed by atoms with E-state index in [4.69, 9.17) is 4.74 Å². The minimum atomic E-state index is 0.0111. The third kappa shape index (κ3) is 4.48. The number of amides is 2. The molecular weight excluding hydrogens is 338 g/mol. The summed E-state index contributed by atoms with van der Waals surface area (Å²) in [6.45, 7) is 2.26. The second kappa shape index (κ2) is 8.53. The number of hydrogen-bond donors (Lipinski definition) is 1. The summed E-state index contributed by atoms with van der Waals surface area (Å²) in [6.07, 6.45) is 8.27. The number of carbonyl (C=O) groups is 1. The van der Waals surface area contributed by atoms with Crippen LogP contribution in [0.4, 0.5) is 4.79 Å². The molecule has 2 atom stereocenters. The first-order valence-electron chi connectivity index (χ1n) is 9.93. The summed E-state index contributed by atoms with van der Waals surface area (Å²) >= 11 is 0. The van der Waals surface area contributed by atoms with Gasteiger partial charge in [0.25, 0.3) is 0 Å². The minimum Gasteiger partial charge on any atom is -0.373 e. The molecule has 2 amide bonds. The summed E-state index contributed by atoms with van der Waals surface area (Å²) in [5.74, 6) is 0. The van der Waals surface area contributed by atoms with E-state index < -0.39 is 0 Å². The number of aryl methyl sites for hydroxylation is 1. The maximum absolute atomic E-state index is 12.8. The Hall–Kier alpha value is -2.40. The van der Waals surface area contributed by atoms with Crippen LogP contribution in [0.2, 0.25) is 0 Å². The molecule has 1 aromatic heterocycles. The Balaban J connectivity index is 1.34. The molecule has 2 aromatic rings. The molecule has 1 saturated heterocycles. The quantitative estimate of drug-likeness (QED) is 0.886. The highest BCUT2D eigenvalue weighted by Gasteiger charge is 2.27. The standard InChI is InChI=1S/C22H27N3O2/c26-22(25-12-4-8-17-5-1-2-6-18(17)9-13-25)24-20-10-14-27-21(15-20)19-7-3-11-23-16-19/h1-3,5-7,11,16,20-21H,4,8-10,12-15H2,(H,24,26). The van der Waals surface area contributed by atoms with Crippen molar-refractivity contribution in [2.75, 3.05) is 19.7 Å². The molecule has 2 unspecified atom stereocenters. The van der Waals surface area contributed by atoms with E-state index in [1.54, 1.807) is 6.20 Å². The zero-order valence-corrected chi connectivity index (χ0v) is 15.6. The van der Waals surface area contributed by atoms with Crippen molar-refractivity contribution in [1.29, 1.82) is 0 Å². The molecule has 0 spiro atoms. The van der Waals surface area contributed by atoms with Crippen molar-refractivity contribution in [2.45, 2.75) is 44.2 Å². The molecule has 4 rings (SSSR count). The maximum Gasteiger partial charge on any atom is 0.317 e. The molecule has 1 aromatic carbocycles. The number of nitrogens with zero attached hydrogens (tertiary/aromatic N) is 2. The molecule has 0 bridgehead atoms. The average molecular weight is 365 g/mol. The summed E-state index contributed by atoms with van der Waals surface area (Å²) in [7, 11) is 0. The van der Waals surface area contributed by atoms with Crippen molar-refractivity contribution >= 4 is 6.03 Å². The Bertz CT molecular complexity index is 765. The molecule has 0 radical (unpaired) electrons. The molecule has 1 N–H and O–H groups in total. The normalized spacial score (nSPS) is 23.0. The van der Waals surface area contributed by atoms with Gasteiger partial charge in [-0.15, -0.1) is 0 Å². The number of benzene rings is 1. The molecule has 5 heteroatoms. The molecule has 2 aliphatic heterocycles. The third-order valence-electron chi connectivity index (χ3n) is 5.60. The number of carbonyl (C=O) groups excluding carboxylic acids is 1. The van der Waals surface area contributed by atoms with E-state index in [9.17, 15) is 4.79 Å². The van der Waals surface area contributed by atoms with Crippen LogP contribution in [0.3, 0.4) is 0 Å². The van der Waals surface area contributed by atoms with Gasteiger partial charge in [-0.05, 0) is 54.9 Å². The van der Waals surface area contributed by atoms with E-state index in [0.717, 1.165) is 50.8 Å². The van der Waals surface area contributed by atoms with E-state index in [0.29, 0.717) is 6.61 Å². The molecule has 3 heterocycles. The second-order valence-corrected chi connectivity index (χ2v) is 7.43. The molecule has 0 aliphatic carbocycles. The van der Waals surface area contributed by atoms with Crippen molar-refractivity contribution in [2.24, 2.45) is 0 Å². The Morgan fingerprint density at radius 2 is 1.96 bits per heavy atom. The van der Waals surface area contributed by atoms with Gasteiger partial charge in [-0.2, -0.15) is 0 Å². The zero-order chi connectivity index (χ0) is 18.5. The van der Waals surface area contributed by atoms with Gasteiger partial charge in [0.2, 0.25) is 0 Å². The van der Waals surface area contributed by atoms with Crippen molar-refractivity contribution in [3.05, 3.63) is 65.5 Å². The van der Waals surface area contributed by atoms with Gasteiger partial charge in [-0.1, -0.05) is 30.3 Å². The molecule has 0 saturated carbocycles. The van der Waals surface area contributed by atoms with Crippen LogP contribution in [0.15, 0.2) is 48.8 Å². The monoisotopic (exact) mass is 365 g/mol.